The molecule has 29 heavy (non-hydrogen) atoms. The van der Waals surface area contributed by atoms with Crippen molar-refractivity contribution in [3.8, 4) is 0 Å². The maximum absolute atomic E-state index is 16.1. The Kier molecular flexibility index (Phi) is 4.54. The van der Waals surface area contributed by atoms with Gasteiger partial charge in [0.05, 0.1) is 0 Å². The zero-order valence-electron chi connectivity index (χ0n) is 17.9. The number of hydrogen-bond acceptors (Lipinski definition) is 1. The van der Waals surface area contributed by atoms with Gasteiger partial charge < -0.3 is 4.57 Å². The second kappa shape index (κ2) is 6.71. The molecule has 1 nitrogen and oxygen atoms in total. The van der Waals surface area contributed by atoms with Crippen molar-refractivity contribution in [3.63, 3.8) is 0 Å². The number of fused-ring (bicyclic) bond motifs is 2. The van der Waals surface area contributed by atoms with Gasteiger partial charge in [-0.2, -0.15) is 0 Å². The van der Waals surface area contributed by atoms with Gasteiger partial charge in [-0.3, -0.25) is 0 Å². The molecule has 4 atom stereocenters. The zero-order valence-corrected chi connectivity index (χ0v) is 20.4. The Morgan fingerprint density at radius 2 is 1.48 bits per heavy atom. The Morgan fingerprint density at radius 3 is 2.14 bits per heavy atom. The van der Waals surface area contributed by atoms with Crippen LogP contribution >= 0.6 is 23.1 Å². The minimum absolute atomic E-state index is 0.0725. The molecule has 6 bridgehead atoms. The first kappa shape index (κ1) is 19.6. The maximum Gasteiger partial charge on any atom is 0.128 e. The first-order valence-corrected chi connectivity index (χ1v) is 14.8. The minimum atomic E-state index is -2.59. The van der Waals surface area contributed by atoms with E-state index in [9.17, 15) is 0 Å². The van der Waals surface area contributed by atoms with Crippen LogP contribution < -0.4 is 5.30 Å². The van der Waals surface area contributed by atoms with Gasteiger partial charge in [0, 0.05) is 20.1 Å². The lowest BCUT2D eigenvalue weighted by Gasteiger charge is -2.64. The van der Waals surface area contributed by atoms with Crippen LogP contribution in [0.15, 0.2) is 28.7 Å². The van der Waals surface area contributed by atoms with Crippen molar-refractivity contribution in [2.75, 3.05) is 0 Å². The predicted molar refractivity (Wildman–Crippen MR) is 125 cm³/mol. The lowest BCUT2D eigenvalue weighted by Crippen LogP contribution is -2.57. The van der Waals surface area contributed by atoms with Crippen molar-refractivity contribution in [3.05, 3.63) is 28.7 Å². The van der Waals surface area contributed by atoms with Crippen molar-refractivity contribution in [1.82, 2.24) is 0 Å². The molecule has 6 aliphatic carbocycles. The molecule has 6 aliphatic rings. The average Bonchev–Trinajstić information content (AvgIpc) is 2.66. The van der Waals surface area contributed by atoms with Crippen molar-refractivity contribution < 1.29 is 4.57 Å². The van der Waals surface area contributed by atoms with E-state index in [4.69, 9.17) is 0 Å². The molecule has 0 aliphatic heterocycles. The topological polar surface area (TPSA) is 17.1 Å². The van der Waals surface area contributed by atoms with Crippen LogP contribution in [0, 0.1) is 29.6 Å². The number of benzene rings is 1. The van der Waals surface area contributed by atoms with Gasteiger partial charge in [0.2, 0.25) is 0 Å². The van der Waals surface area contributed by atoms with Crippen LogP contribution in [0.3, 0.4) is 0 Å². The van der Waals surface area contributed by atoms with E-state index in [0.29, 0.717) is 0 Å². The quantitative estimate of drug-likeness (QED) is 0.408. The normalized spacial score (nSPS) is 47.7. The van der Waals surface area contributed by atoms with Gasteiger partial charge in [0.15, 0.2) is 0 Å². The van der Waals surface area contributed by atoms with E-state index in [2.05, 4.69) is 47.1 Å². The van der Waals surface area contributed by atoms with Gasteiger partial charge in [0.1, 0.15) is 7.14 Å². The summed E-state index contributed by atoms with van der Waals surface area (Å²) >= 11 is 3.91. The first-order valence-electron chi connectivity index (χ1n) is 12.3. The van der Waals surface area contributed by atoms with Gasteiger partial charge in [-0.25, -0.2) is 0 Å². The van der Waals surface area contributed by atoms with E-state index in [1.165, 1.54) is 82.4 Å². The molecule has 0 radical (unpaired) electrons. The number of hydrogen-bond donors (Lipinski definition) is 0. The van der Waals surface area contributed by atoms with Gasteiger partial charge in [0.25, 0.3) is 0 Å². The van der Waals surface area contributed by atoms with E-state index >= 15 is 4.57 Å². The molecule has 7 rings (SSSR count). The fourth-order valence-electron chi connectivity index (χ4n) is 9.74. The van der Waals surface area contributed by atoms with Crippen LogP contribution in [-0.4, -0.2) is 10.3 Å². The molecule has 0 amide bonds. The molecule has 4 unspecified atom stereocenters. The second-order valence-corrected chi connectivity index (χ2v) is 16.4. The summed E-state index contributed by atoms with van der Waals surface area (Å²) in [6, 6.07) is 8.71. The van der Waals surface area contributed by atoms with E-state index in [-0.39, 0.29) is 10.3 Å². The van der Waals surface area contributed by atoms with Crippen molar-refractivity contribution >= 4 is 28.4 Å². The Bertz CT molecular complexity index is 801. The van der Waals surface area contributed by atoms with Crippen LogP contribution in [-0.2, 0) is 4.57 Å². The lowest BCUT2D eigenvalue weighted by atomic mass is 9.56. The highest BCUT2D eigenvalue weighted by Crippen LogP contribution is 2.81. The monoisotopic (exact) mass is 474 g/mol. The predicted octanol–water partition coefficient (Wildman–Crippen LogP) is 7.77. The number of rotatable bonds is 3. The van der Waals surface area contributed by atoms with E-state index in [1.807, 2.05) is 0 Å². The molecular formula is C26H36BrOP. The summed E-state index contributed by atoms with van der Waals surface area (Å²) in [4.78, 5) is 0. The Balaban J connectivity index is 1.57. The Hall–Kier alpha value is -0.0700. The van der Waals surface area contributed by atoms with E-state index in [1.54, 1.807) is 0 Å². The highest BCUT2D eigenvalue weighted by Gasteiger charge is 2.67. The van der Waals surface area contributed by atoms with Crippen LogP contribution in [0.2, 0.25) is 0 Å². The van der Waals surface area contributed by atoms with Crippen LogP contribution in [0.25, 0.3) is 0 Å². The third-order valence-corrected chi connectivity index (χ3v) is 15.8. The molecule has 1 aromatic carbocycles. The van der Waals surface area contributed by atoms with E-state index in [0.717, 1.165) is 34.1 Å². The molecular weight excluding hydrogens is 439 g/mol. The van der Waals surface area contributed by atoms with Gasteiger partial charge in [-0.1, -0.05) is 53.9 Å². The zero-order chi connectivity index (χ0) is 19.9. The van der Waals surface area contributed by atoms with Crippen molar-refractivity contribution in [2.45, 2.75) is 94.3 Å². The minimum Gasteiger partial charge on any atom is -0.317 e. The van der Waals surface area contributed by atoms with E-state index < -0.39 is 7.14 Å². The van der Waals surface area contributed by atoms with Crippen molar-refractivity contribution in [2.24, 2.45) is 29.6 Å². The SMILES string of the molecule is CC1CC2CCCC(P(=O)(c3ccccc3Br)C34CC5CC(CC(C5)C3)C4)(C1)C2. The van der Waals surface area contributed by atoms with Gasteiger partial charge in [-0.15, -0.1) is 0 Å². The highest BCUT2D eigenvalue weighted by molar-refractivity contribution is 9.10. The summed E-state index contributed by atoms with van der Waals surface area (Å²) < 4.78 is 17.2. The molecule has 0 aromatic heterocycles. The van der Waals surface area contributed by atoms with Crippen molar-refractivity contribution in [1.29, 1.82) is 0 Å². The Labute approximate surface area is 185 Å². The third kappa shape index (κ3) is 2.73. The standard InChI is InChI=1S/C26H36BrOP/c1-18-9-19-5-4-8-25(13-18,14-19)29(28,24-7-3-2-6-23(24)27)26-15-20-10-21(16-26)12-22(11-20)17-26/h2-3,6-7,18-22H,4-5,8-17H2,1H3. The fourth-order valence-corrected chi connectivity index (χ4v) is 16.6. The fraction of sp³-hybridized carbons (Fsp3) is 0.769. The van der Waals surface area contributed by atoms with Crippen LogP contribution in [0.1, 0.15) is 84.0 Å². The largest absolute Gasteiger partial charge is 0.317 e. The van der Waals surface area contributed by atoms with Gasteiger partial charge in [-0.05, 0) is 99.9 Å². The summed E-state index contributed by atoms with van der Waals surface area (Å²) in [6.45, 7) is 2.45. The number of halogens is 1. The smallest absolute Gasteiger partial charge is 0.128 e. The maximum atomic E-state index is 16.1. The summed E-state index contributed by atoms with van der Waals surface area (Å²) in [6.07, 6.45) is 15.8. The summed E-state index contributed by atoms with van der Waals surface area (Å²) in [5.74, 6) is 4.12. The molecule has 0 N–H and O–H groups in total. The Morgan fingerprint density at radius 1 is 0.862 bits per heavy atom. The average molecular weight is 475 g/mol. The van der Waals surface area contributed by atoms with Crippen LogP contribution in [0.5, 0.6) is 0 Å². The molecule has 6 saturated carbocycles. The molecule has 6 fully saturated rings. The van der Waals surface area contributed by atoms with Gasteiger partial charge >= 0.3 is 0 Å². The summed E-state index contributed by atoms with van der Waals surface area (Å²) in [7, 11) is -2.59. The molecule has 0 heterocycles. The molecule has 158 valence electrons. The third-order valence-electron chi connectivity index (χ3n) is 9.92. The summed E-state index contributed by atoms with van der Waals surface area (Å²) in [5, 5.41) is 1.41. The van der Waals surface area contributed by atoms with Crippen LogP contribution in [0.4, 0.5) is 0 Å². The summed E-state index contributed by atoms with van der Waals surface area (Å²) in [5.41, 5.74) is 0. The lowest BCUT2D eigenvalue weighted by molar-refractivity contribution is 0.0299. The second-order valence-electron chi connectivity index (χ2n) is 11.9. The molecule has 0 spiro atoms. The first-order chi connectivity index (χ1) is 13.9. The molecule has 0 saturated heterocycles. The molecule has 1 aromatic rings. The molecule has 3 heteroatoms. The highest BCUT2D eigenvalue weighted by atomic mass is 79.9.